The van der Waals surface area contributed by atoms with Crippen LogP contribution in [0.25, 0.3) is 6.08 Å². The molecule has 0 amide bonds. The summed E-state index contributed by atoms with van der Waals surface area (Å²) in [6, 6.07) is 11.9. The lowest BCUT2D eigenvalue weighted by Gasteiger charge is -1.97. The van der Waals surface area contributed by atoms with Gasteiger partial charge in [0.05, 0.1) is 4.90 Å². The Morgan fingerprint density at radius 1 is 1.00 bits per heavy atom. The SMILES string of the molecule is O=S(=O)(/C=C/c1cccnc1)c1ccccc1. The molecule has 0 unspecified atom stereocenters. The summed E-state index contributed by atoms with van der Waals surface area (Å²) in [6.07, 6.45) is 4.79. The summed E-state index contributed by atoms with van der Waals surface area (Å²) in [5.41, 5.74) is 0.756. The van der Waals surface area contributed by atoms with Gasteiger partial charge in [0.25, 0.3) is 0 Å². The van der Waals surface area contributed by atoms with Crippen molar-refractivity contribution in [3.63, 3.8) is 0 Å². The van der Waals surface area contributed by atoms with E-state index in [0.717, 1.165) is 5.56 Å². The van der Waals surface area contributed by atoms with Crippen molar-refractivity contribution in [2.75, 3.05) is 0 Å². The normalized spacial score (nSPS) is 11.8. The van der Waals surface area contributed by atoms with E-state index >= 15 is 0 Å². The zero-order valence-corrected chi connectivity index (χ0v) is 9.84. The lowest BCUT2D eigenvalue weighted by Crippen LogP contribution is -1.95. The Labute approximate surface area is 100 Å². The summed E-state index contributed by atoms with van der Waals surface area (Å²) in [7, 11) is -3.37. The fraction of sp³-hybridized carbons (Fsp3) is 0. The Morgan fingerprint density at radius 2 is 1.76 bits per heavy atom. The molecule has 0 aliphatic carbocycles. The first-order valence-corrected chi connectivity index (χ1v) is 6.61. The third kappa shape index (κ3) is 3.01. The molecule has 0 spiro atoms. The second-order valence-electron chi connectivity index (χ2n) is 3.45. The number of benzene rings is 1. The van der Waals surface area contributed by atoms with Crippen LogP contribution in [0.5, 0.6) is 0 Å². The van der Waals surface area contributed by atoms with Gasteiger partial charge >= 0.3 is 0 Å². The Morgan fingerprint density at radius 3 is 2.41 bits per heavy atom. The summed E-state index contributed by atoms with van der Waals surface area (Å²) >= 11 is 0. The second kappa shape index (κ2) is 4.93. The third-order valence-corrected chi connectivity index (χ3v) is 3.62. The standard InChI is InChI=1S/C13H11NO2S/c15-17(16,13-6-2-1-3-7-13)10-8-12-5-4-9-14-11-12/h1-11H/b10-8+. The molecular formula is C13H11NO2S. The molecule has 4 heteroatoms. The molecular weight excluding hydrogens is 234 g/mol. The van der Waals surface area contributed by atoms with E-state index in [9.17, 15) is 8.42 Å². The molecule has 2 rings (SSSR count). The van der Waals surface area contributed by atoms with E-state index in [0.29, 0.717) is 4.90 Å². The molecule has 0 aliphatic rings. The average molecular weight is 245 g/mol. The minimum absolute atomic E-state index is 0.292. The van der Waals surface area contributed by atoms with Gasteiger partial charge in [-0.15, -0.1) is 0 Å². The van der Waals surface area contributed by atoms with E-state index in [-0.39, 0.29) is 0 Å². The molecule has 86 valence electrons. The third-order valence-electron chi connectivity index (χ3n) is 2.20. The highest BCUT2D eigenvalue weighted by molar-refractivity contribution is 7.94. The van der Waals surface area contributed by atoms with Gasteiger partial charge in [-0.3, -0.25) is 4.98 Å². The molecule has 1 aromatic carbocycles. The number of nitrogens with zero attached hydrogens (tertiary/aromatic N) is 1. The first-order chi connectivity index (χ1) is 8.18. The van der Waals surface area contributed by atoms with E-state index in [1.807, 2.05) is 0 Å². The average Bonchev–Trinajstić information content (AvgIpc) is 2.39. The Hall–Kier alpha value is -1.94. The molecule has 0 saturated carbocycles. The van der Waals surface area contributed by atoms with Gasteiger partial charge in [0.1, 0.15) is 0 Å². The number of rotatable bonds is 3. The van der Waals surface area contributed by atoms with Gasteiger partial charge in [0, 0.05) is 17.8 Å². The van der Waals surface area contributed by atoms with Crippen LogP contribution in [0.1, 0.15) is 5.56 Å². The van der Waals surface area contributed by atoms with Crippen molar-refractivity contribution in [2.24, 2.45) is 0 Å². The van der Waals surface area contributed by atoms with E-state index in [1.54, 1.807) is 54.9 Å². The maximum absolute atomic E-state index is 11.9. The van der Waals surface area contributed by atoms with Gasteiger partial charge in [-0.05, 0) is 29.8 Å². The van der Waals surface area contributed by atoms with E-state index in [2.05, 4.69) is 4.98 Å². The van der Waals surface area contributed by atoms with Crippen LogP contribution in [0, 0.1) is 0 Å². The van der Waals surface area contributed by atoms with Crippen molar-refractivity contribution < 1.29 is 8.42 Å². The topological polar surface area (TPSA) is 47.0 Å². The maximum atomic E-state index is 11.9. The fourth-order valence-corrected chi connectivity index (χ4v) is 2.36. The van der Waals surface area contributed by atoms with Gasteiger partial charge in [0.15, 0.2) is 9.84 Å². The fourth-order valence-electron chi connectivity index (χ4n) is 1.33. The number of hydrogen-bond donors (Lipinski definition) is 0. The van der Waals surface area contributed by atoms with Gasteiger partial charge < -0.3 is 0 Å². The minimum Gasteiger partial charge on any atom is -0.264 e. The smallest absolute Gasteiger partial charge is 0.199 e. The molecule has 0 N–H and O–H groups in total. The van der Waals surface area contributed by atoms with Crippen molar-refractivity contribution in [1.82, 2.24) is 4.98 Å². The summed E-state index contributed by atoms with van der Waals surface area (Å²) in [6.45, 7) is 0. The molecule has 0 aliphatic heterocycles. The lowest BCUT2D eigenvalue weighted by molar-refractivity contribution is 0.605. The zero-order valence-electron chi connectivity index (χ0n) is 9.02. The van der Waals surface area contributed by atoms with Crippen LogP contribution in [-0.4, -0.2) is 13.4 Å². The van der Waals surface area contributed by atoms with Gasteiger partial charge in [-0.1, -0.05) is 24.3 Å². The summed E-state index contributed by atoms with van der Waals surface area (Å²) in [5.74, 6) is 0. The first kappa shape index (κ1) is 11.5. The van der Waals surface area contributed by atoms with E-state index in [4.69, 9.17) is 0 Å². The molecule has 1 aromatic heterocycles. The monoisotopic (exact) mass is 245 g/mol. The highest BCUT2D eigenvalue weighted by Gasteiger charge is 2.08. The summed E-state index contributed by atoms with van der Waals surface area (Å²) in [5, 5.41) is 1.19. The van der Waals surface area contributed by atoms with E-state index in [1.165, 1.54) is 11.5 Å². The number of pyridine rings is 1. The lowest BCUT2D eigenvalue weighted by atomic mass is 10.3. The maximum Gasteiger partial charge on any atom is 0.199 e. The predicted octanol–water partition coefficient (Wildman–Crippen LogP) is 2.53. The predicted molar refractivity (Wildman–Crippen MR) is 66.9 cm³/mol. The van der Waals surface area contributed by atoms with Crippen LogP contribution in [0.4, 0.5) is 0 Å². The molecule has 2 aromatic rings. The van der Waals surface area contributed by atoms with Crippen LogP contribution >= 0.6 is 0 Å². The van der Waals surface area contributed by atoms with Crippen molar-refractivity contribution in [1.29, 1.82) is 0 Å². The highest BCUT2D eigenvalue weighted by Crippen LogP contribution is 2.12. The second-order valence-corrected chi connectivity index (χ2v) is 5.28. The molecule has 1 heterocycles. The van der Waals surface area contributed by atoms with Crippen LogP contribution in [-0.2, 0) is 9.84 Å². The zero-order chi connectivity index (χ0) is 12.1. The molecule has 0 fully saturated rings. The van der Waals surface area contributed by atoms with Crippen molar-refractivity contribution in [3.05, 3.63) is 65.8 Å². The number of hydrogen-bond acceptors (Lipinski definition) is 3. The molecule has 17 heavy (non-hydrogen) atoms. The summed E-state index contributed by atoms with van der Waals surface area (Å²) < 4.78 is 23.8. The largest absolute Gasteiger partial charge is 0.264 e. The summed E-state index contributed by atoms with van der Waals surface area (Å²) in [4.78, 5) is 4.20. The van der Waals surface area contributed by atoms with Crippen molar-refractivity contribution >= 4 is 15.9 Å². The Bertz CT molecular complexity index is 604. The minimum atomic E-state index is -3.37. The van der Waals surface area contributed by atoms with Crippen molar-refractivity contribution in [2.45, 2.75) is 4.90 Å². The molecule has 0 atom stereocenters. The Balaban J connectivity index is 2.28. The number of sulfone groups is 1. The first-order valence-electron chi connectivity index (χ1n) is 5.07. The van der Waals surface area contributed by atoms with Crippen LogP contribution in [0.2, 0.25) is 0 Å². The molecule has 3 nitrogen and oxygen atoms in total. The number of aromatic nitrogens is 1. The quantitative estimate of drug-likeness (QED) is 0.834. The highest BCUT2D eigenvalue weighted by atomic mass is 32.2. The molecule has 0 bridgehead atoms. The van der Waals surface area contributed by atoms with Crippen molar-refractivity contribution in [3.8, 4) is 0 Å². The van der Waals surface area contributed by atoms with Crippen LogP contribution in [0.15, 0.2) is 65.2 Å². The van der Waals surface area contributed by atoms with Crippen LogP contribution < -0.4 is 0 Å². The van der Waals surface area contributed by atoms with Crippen LogP contribution in [0.3, 0.4) is 0 Å². The van der Waals surface area contributed by atoms with Gasteiger partial charge in [-0.2, -0.15) is 0 Å². The van der Waals surface area contributed by atoms with Gasteiger partial charge in [0.2, 0.25) is 0 Å². The molecule has 0 saturated heterocycles. The van der Waals surface area contributed by atoms with E-state index < -0.39 is 9.84 Å². The molecule has 0 radical (unpaired) electrons. The Kier molecular flexibility index (Phi) is 3.35. The van der Waals surface area contributed by atoms with Gasteiger partial charge in [-0.25, -0.2) is 8.42 Å².